The van der Waals surface area contributed by atoms with Crippen LogP contribution in [0.15, 0.2) is 23.1 Å². The summed E-state index contributed by atoms with van der Waals surface area (Å²) in [5, 5.41) is 3.32. The third kappa shape index (κ3) is 2.20. The molecule has 0 saturated carbocycles. The Morgan fingerprint density at radius 2 is 1.71 bits per heavy atom. The summed E-state index contributed by atoms with van der Waals surface area (Å²) in [6, 6.07) is 4.87. The maximum Gasteiger partial charge on any atom is 0.243 e. The lowest BCUT2D eigenvalue weighted by atomic mass is 10.0. The second-order valence-electron chi connectivity index (χ2n) is 5.81. The van der Waals surface area contributed by atoms with Crippen molar-refractivity contribution in [2.75, 3.05) is 39.4 Å². The molecule has 1 aromatic rings. The molecular weight excluding hydrogens is 292 g/mol. The molecule has 2 atom stereocenters. The van der Waals surface area contributed by atoms with Gasteiger partial charge in [0.15, 0.2) is 11.5 Å². The van der Waals surface area contributed by atoms with E-state index < -0.39 is 10.0 Å². The van der Waals surface area contributed by atoms with Gasteiger partial charge in [0.25, 0.3) is 0 Å². The standard InChI is InChI=1S/C14H18N2O4S/c17-21(18,16-8-10-6-15-7-11(10)9-16)12-1-2-13-14(5-12)20-4-3-19-13/h1-2,5,10-11,15H,3-4,6-9H2/t10-,11+. The first-order valence-corrected chi connectivity index (χ1v) is 8.69. The lowest BCUT2D eigenvalue weighted by Gasteiger charge is -2.21. The predicted molar refractivity (Wildman–Crippen MR) is 76.0 cm³/mol. The topological polar surface area (TPSA) is 67.9 Å². The lowest BCUT2D eigenvalue weighted by Crippen LogP contribution is -2.32. The number of nitrogens with one attached hydrogen (secondary N) is 1. The summed E-state index contributed by atoms with van der Waals surface area (Å²) in [5.74, 6) is 2.01. The van der Waals surface area contributed by atoms with Crippen LogP contribution in [0.25, 0.3) is 0 Å². The molecule has 2 fully saturated rings. The molecule has 7 heteroatoms. The third-order valence-electron chi connectivity index (χ3n) is 4.51. The van der Waals surface area contributed by atoms with Crippen molar-refractivity contribution < 1.29 is 17.9 Å². The Bertz CT molecular complexity index is 649. The molecule has 3 aliphatic rings. The predicted octanol–water partition coefficient (Wildman–Crippen LogP) is 0.298. The molecule has 0 bridgehead atoms. The van der Waals surface area contributed by atoms with Crippen LogP contribution >= 0.6 is 0 Å². The summed E-state index contributed by atoms with van der Waals surface area (Å²) in [6.45, 7) is 4.00. The van der Waals surface area contributed by atoms with Gasteiger partial charge in [0, 0.05) is 19.2 Å². The molecule has 0 amide bonds. The number of nitrogens with zero attached hydrogens (tertiary/aromatic N) is 1. The van der Waals surface area contributed by atoms with E-state index in [2.05, 4.69) is 5.32 Å². The molecule has 0 spiro atoms. The second kappa shape index (κ2) is 4.86. The van der Waals surface area contributed by atoms with Gasteiger partial charge in [-0.2, -0.15) is 4.31 Å². The fourth-order valence-corrected chi connectivity index (χ4v) is 4.91. The van der Waals surface area contributed by atoms with E-state index >= 15 is 0 Å². The van der Waals surface area contributed by atoms with E-state index in [9.17, 15) is 8.42 Å². The number of hydrogen-bond donors (Lipinski definition) is 1. The van der Waals surface area contributed by atoms with Gasteiger partial charge in [-0.05, 0) is 37.1 Å². The highest BCUT2D eigenvalue weighted by Crippen LogP contribution is 2.35. The number of benzene rings is 1. The van der Waals surface area contributed by atoms with E-state index in [1.165, 1.54) is 0 Å². The van der Waals surface area contributed by atoms with Gasteiger partial charge >= 0.3 is 0 Å². The molecule has 0 radical (unpaired) electrons. The SMILES string of the molecule is O=S(=O)(c1ccc2c(c1)OCCO2)N1C[C@H]2CNC[C@H]2C1. The van der Waals surface area contributed by atoms with Crippen molar-refractivity contribution in [3.05, 3.63) is 18.2 Å². The zero-order valence-electron chi connectivity index (χ0n) is 11.6. The van der Waals surface area contributed by atoms with E-state index in [4.69, 9.17) is 9.47 Å². The van der Waals surface area contributed by atoms with Gasteiger partial charge in [0.1, 0.15) is 13.2 Å². The Labute approximate surface area is 124 Å². The third-order valence-corrected chi connectivity index (χ3v) is 6.34. The van der Waals surface area contributed by atoms with Crippen molar-refractivity contribution >= 4 is 10.0 Å². The molecule has 0 aliphatic carbocycles. The van der Waals surface area contributed by atoms with Crippen molar-refractivity contribution in [1.29, 1.82) is 0 Å². The van der Waals surface area contributed by atoms with Gasteiger partial charge in [-0.3, -0.25) is 0 Å². The molecule has 21 heavy (non-hydrogen) atoms. The van der Waals surface area contributed by atoms with Crippen molar-refractivity contribution in [2.24, 2.45) is 11.8 Å². The van der Waals surface area contributed by atoms with Crippen LogP contribution in [-0.4, -0.2) is 52.1 Å². The minimum absolute atomic E-state index is 0.291. The van der Waals surface area contributed by atoms with Crippen LogP contribution in [0.4, 0.5) is 0 Å². The maximum absolute atomic E-state index is 12.8. The lowest BCUT2D eigenvalue weighted by molar-refractivity contribution is 0.171. The molecule has 3 heterocycles. The Balaban J connectivity index is 1.63. The highest BCUT2D eigenvalue weighted by molar-refractivity contribution is 7.89. The quantitative estimate of drug-likeness (QED) is 0.851. The monoisotopic (exact) mass is 310 g/mol. The van der Waals surface area contributed by atoms with Gasteiger partial charge in [0.2, 0.25) is 10.0 Å². The second-order valence-corrected chi connectivity index (χ2v) is 7.74. The van der Waals surface area contributed by atoms with Gasteiger partial charge in [-0.1, -0.05) is 0 Å². The summed E-state index contributed by atoms with van der Waals surface area (Å²) < 4.78 is 38.0. The van der Waals surface area contributed by atoms with Crippen LogP contribution in [0, 0.1) is 11.8 Å². The largest absolute Gasteiger partial charge is 0.486 e. The maximum atomic E-state index is 12.8. The first kappa shape index (κ1) is 13.4. The zero-order valence-corrected chi connectivity index (χ0v) is 12.4. The van der Waals surface area contributed by atoms with Crippen LogP contribution in [0.3, 0.4) is 0 Å². The van der Waals surface area contributed by atoms with Crippen LogP contribution in [0.5, 0.6) is 11.5 Å². The average Bonchev–Trinajstić information content (AvgIpc) is 3.08. The van der Waals surface area contributed by atoms with E-state index in [0.717, 1.165) is 13.1 Å². The molecule has 6 nitrogen and oxygen atoms in total. The minimum atomic E-state index is -3.44. The molecular formula is C14H18N2O4S. The van der Waals surface area contributed by atoms with Crippen molar-refractivity contribution in [2.45, 2.75) is 4.90 Å². The van der Waals surface area contributed by atoms with Crippen LogP contribution in [0.2, 0.25) is 0 Å². The number of sulfonamides is 1. The fraction of sp³-hybridized carbons (Fsp3) is 0.571. The van der Waals surface area contributed by atoms with Gasteiger partial charge < -0.3 is 14.8 Å². The number of ether oxygens (including phenoxy) is 2. The van der Waals surface area contributed by atoms with E-state index in [1.807, 2.05) is 0 Å². The molecule has 114 valence electrons. The highest BCUT2D eigenvalue weighted by Gasteiger charge is 2.41. The highest BCUT2D eigenvalue weighted by atomic mass is 32.2. The van der Waals surface area contributed by atoms with E-state index in [0.29, 0.717) is 54.5 Å². The van der Waals surface area contributed by atoms with E-state index in [1.54, 1.807) is 22.5 Å². The molecule has 2 saturated heterocycles. The Morgan fingerprint density at radius 1 is 1.05 bits per heavy atom. The van der Waals surface area contributed by atoms with Crippen LogP contribution in [0.1, 0.15) is 0 Å². The van der Waals surface area contributed by atoms with Crippen molar-refractivity contribution in [1.82, 2.24) is 9.62 Å². The number of fused-ring (bicyclic) bond motifs is 2. The normalized spacial score (nSPS) is 28.6. The summed E-state index contributed by atoms with van der Waals surface area (Å²) >= 11 is 0. The number of rotatable bonds is 2. The Hall–Kier alpha value is -1.31. The first-order chi connectivity index (χ1) is 10.1. The Morgan fingerprint density at radius 3 is 2.43 bits per heavy atom. The van der Waals surface area contributed by atoms with Crippen molar-refractivity contribution in [3.63, 3.8) is 0 Å². The van der Waals surface area contributed by atoms with Gasteiger partial charge in [-0.25, -0.2) is 8.42 Å². The Kier molecular flexibility index (Phi) is 3.09. The van der Waals surface area contributed by atoms with Gasteiger partial charge in [-0.15, -0.1) is 0 Å². The van der Waals surface area contributed by atoms with Crippen LogP contribution in [-0.2, 0) is 10.0 Å². The molecule has 4 rings (SSSR count). The molecule has 0 unspecified atom stereocenters. The molecule has 1 N–H and O–H groups in total. The van der Waals surface area contributed by atoms with Crippen molar-refractivity contribution in [3.8, 4) is 11.5 Å². The number of hydrogen-bond acceptors (Lipinski definition) is 5. The molecule has 3 aliphatic heterocycles. The summed E-state index contributed by atoms with van der Waals surface area (Å²) in [4.78, 5) is 0.291. The van der Waals surface area contributed by atoms with Gasteiger partial charge in [0.05, 0.1) is 4.90 Å². The fourth-order valence-electron chi connectivity index (χ4n) is 3.34. The summed E-state index contributed by atoms with van der Waals surface area (Å²) in [5.41, 5.74) is 0. The molecule has 0 aromatic heterocycles. The molecule has 1 aromatic carbocycles. The average molecular weight is 310 g/mol. The zero-order chi connectivity index (χ0) is 14.4. The smallest absolute Gasteiger partial charge is 0.243 e. The summed E-state index contributed by atoms with van der Waals surface area (Å²) in [6.07, 6.45) is 0. The first-order valence-electron chi connectivity index (χ1n) is 7.25. The van der Waals surface area contributed by atoms with Crippen LogP contribution < -0.4 is 14.8 Å². The van der Waals surface area contributed by atoms with E-state index in [-0.39, 0.29) is 0 Å². The summed E-state index contributed by atoms with van der Waals surface area (Å²) in [7, 11) is -3.44. The minimum Gasteiger partial charge on any atom is -0.486 e.